The summed E-state index contributed by atoms with van der Waals surface area (Å²) < 4.78 is 13.0. The average molecular weight is 328 g/mol. The minimum Gasteiger partial charge on any atom is -0.338 e. The molecule has 1 saturated heterocycles. The van der Waals surface area contributed by atoms with E-state index in [1.807, 2.05) is 12.1 Å². The maximum absolute atomic E-state index is 13.0. The summed E-state index contributed by atoms with van der Waals surface area (Å²) in [6.45, 7) is 3.09. The van der Waals surface area contributed by atoms with Crippen LogP contribution in [0.2, 0.25) is 0 Å². The summed E-state index contributed by atoms with van der Waals surface area (Å²) in [6.07, 6.45) is 2.69. The highest BCUT2D eigenvalue weighted by Gasteiger charge is 2.25. The fourth-order valence-corrected chi connectivity index (χ4v) is 3.20. The molecule has 0 radical (unpaired) electrons. The molecule has 1 amide bonds. The molecule has 4 nitrogen and oxygen atoms in total. The summed E-state index contributed by atoms with van der Waals surface area (Å²) in [5, 5.41) is 0. The first-order valence-corrected chi connectivity index (χ1v) is 8.26. The number of halogens is 1. The van der Waals surface area contributed by atoms with Gasteiger partial charge in [-0.15, -0.1) is 0 Å². The molecule has 1 aliphatic rings. The molecule has 0 spiro atoms. The highest BCUT2D eigenvalue weighted by atomic mass is 19.1. The van der Waals surface area contributed by atoms with Crippen LogP contribution in [0, 0.1) is 18.7 Å². The second-order valence-corrected chi connectivity index (χ2v) is 6.45. The van der Waals surface area contributed by atoms with E-state index in [0.717, 1.165) is 30.5 Å². The molecular formula is C19H21FN2O2. The number of nitrogens with zero attached hydrogens (tertiary/aromatic N) is 1. The third-order valence-corrected chi connectivity index (χ3v) is 4.63. The van der Waals surface area contributed by atoms with E-state index in [0.29, 0.717) is 19.0 Å². The van der Waals surface area contributed by atoms with Crippen LogP contribution in [-0.4, -0.2) is 28.9 Å². The van der Waals surface area contributed by atoms with Crippen LogP contribution in [0.25, 0.3) is 0 Å². The highest BCUT2D eigenvalue weighted by molar-refractivity contribution is 5.93. The van der Waals surface area contributed by atoms with Crippen LogP contribution < -0.4 is 5.56 Å². The number of H-pyrrole nitrogens is 1. The van der Waals surface area contributed by atoms with Crippen molar-refractivity contribution >= 4 is 5.91 Å². The Labute approximate surface area is 140 Å². The Morgan fingerprint density at radius 3 is 2.46 bits per heavy atom. The molecule has 1 aliphatic heterocycles. The lowest BCUT2D eigenvalue weighted by atomic mass is 9.90. The van der Waals surface area contributed by atoms with Crippen molar-refractivity contribution in [2.45, 2.75) is 26.2 Å². The Kier molecular flexibility index (Phi) is 4.79. The number of hydrogen-bond donors (Lipinski definition) is 1. The number of nitrogens with one attached hydrogen (secondary N) is 1. The molecule has 0 aliphatic carbocycles. The van der Waals surface area contributed by atoms with Gasteiger partial charge in [0.1, 0.15) is 11.4 Å². The Balaban J connectivity index is 1.59. The van der Waals surface area contributed by atoms with Gasteiger partial charge in [-0.1, -0.05) is 12.1 Å². The Bertz CT molecular complexity index is 775. The molecule has 126 valence electrons. The van der Waals surface area contributed by atoms with Crippen LogP contribution in [0.5, 0.6) is 0 Å². The Morgan fingerprint density at radius 1 is 1.17 bits per heavy atom. The lowest BCUT2D eigenvalue weighted by Gasteiger charge is -2.32. The van der Waals surface area contributed by atoms with Crippen molar-refractivity contribution in [3.8, 4) is 0 Å². The first kappa shape index (κ1) is 16.4. The van der Waals surface area contributed by atoms with Gasteiger partial charge in [0.25, 0.3) is 11.5 Å². The summed E-state index contributed by atoms with van der Waals surface area (Å²) in [4.78, 5) is 28.8. The SMILES string of the molecule is Cc1ccc(C(=O)N2CCC(Cc3ccc(F)cc3)CC2)c(=O)[nH]1. The van der Waals surface area contributed by atoms with E-state index in [9.17, 15) is 14.0 Å². The number of carbonyl (C=O) groups is 1. The van der Waals surface area contributed by atoms with Crippen molar-refractivity contribution in [1.29, 1.82) is 0 Å². The molecule has 2 aromatic rings. The number of amides is 1. The summed E-state index contributed by atoms with van der Waals surface area (Å²) in [6, 6.07) is 9.95. The number of carbonyl (C=O) groups excluding carboxylic acids is 1. The normalized spacial score (nSPS) is 15.5. The van der Waals surface area contributed by atoms with Crippen molar-refractivity contribution in [2.75, 3.05) is 13.1 Å². The van der Waals surface area contributed by atoms with Gasteiger partial charge in [-0.2, -0.15) is 0 Å². The van der Waals surface area contributed by atoms with Crippen molar-refractivity contribution in [2.24, 2.45) is 5.92 Å². The molecule has 1 aromatic heterocycles. The fraction of sp³-hybridized carbons (Fsp3) is 0.368. The molecule has 0 unspecified atom stereocenters. The van der Waals surface area contributed by atoms with E-state index < -0.39 is 0 Å². The van der Waals surface area contributed by atoms with Gasteiger partial charge >= 0.3 is 0 Å². The third kappa shape index (κ3) is 3.72. The van der Waals surface area contributed by atoms with E-state index in [2.05, 4.69) is 4.98 Å². The van der Waals surface area contributed by atoms with Gasteiger partial charge in [-0.3, -0.25) is 9.59 Å². The fourth-order valence-electron chi connectivity index (χ4n) is 3.20. The van der Waals surface area contributed by atoms with Gasteiger partial charge < -0.3 is 9.88 Å². The van der Waals surface area contributed by atoms with Gasteiger partial charge in [0, 0.05) is 18.8 Å². The van der Waals surface area contributed by atoms with Crippen molar-refractivity contribution < 1.29 is 9.18 Å². The predicted octanol–water partition coefficient (Wildman–Crippen LogP) is 2.92. The van der Waals surface area contributed by atoms with Crippen LogP contribution in [0.15, 0.2) is 41.2 Å². The zero-order valence-electron chi connectivity index (χ0n) is 13.7. The lowest BCUT2D eigenvalue weighted by molar-refractivity contribution is 0.0688. The maximum atomic E-state index is 13.0. The molecule has 0 bridgehead atoms. The van der Waals surface area contributed by atoms with Gasteiger partial charge in [0.2, 0.25) is 0 Å². The monoisotopic (exact) mass is 328 g/mol. The van der Waals surface area contributed by atoms with Crippen molar-refractivity contribution in [3.63, 3.8) is 0 Å². The maximum Gasteiger partial charge on any atom is 0.260 e. The lowest BCUT2D eigenvalue weighted by Crippen LogP contribution is -2.41. The number of pyridine rings is 1. The number of aromatic amines is 1. The molecule has 1 fully saturated rings. The smallest absolute Gasteiger partial charge is 0.260 e. The number of aromatic nitrogens is 1. The molecular weight excluding hydrogens is 307 g/mol. The number of likely N-dealkylation sites (tertiary alicyclic amines) is 1. The van der Waals surface area contributed by atoms with E-state index in [4.69, 9.17) is 0 Å². The Morgan fingerprint density at radius 2 is 1.83 bits per heavy atom. The molecule has 0 saturated carbocycles. The van der Waals surface area contributed by atoms with Crippen LogP contribution in [-0.2, 0) is 6.42 Å². The first-order valence-electron chi connectivity index (χ1n) is 8.26. The molecule has 3 rings (SSSR count). The summed E-state index contributed by atoms with van der Waals surface area (Å²) in [5.74, 6) is 0.0646. The van der Waals surface area contributed by atoms with Crippen molar-refractivity contribution in [3.05, 3.63) is 69.4 Å². The van der Waals surface area contributed by atoms with E-state index >= 15 is 0 Å². The third-order valence-electron chi connectivity index (χ3n) is 4.63. The van der Waals surface area contributed by atoms with E-state index in [-0.39, 0.29) is 22.8 Å². The molecule has 1 N–H and O–H groups in total. The average Bonchev–Trinajstić information content (AvgIpc) is 2.57. The first-order chi connectivity index (χ1) is 11.5. The van der Waals surface area contributed by atoms with Gasteiger partial charge in [0.15, 0.2) is 0 Å². The molecule has 2 heterocycles. The van der Waals surface area contributed by atoms with Crippen LogP contribution >= 0.6 is 0 Å². The van der Waals surface area contributed by atoms with Gasteiger partial charge in [-0.05, 0) is 61.9 Å². The summed E-state index contributed by atoms with van der Waals surface area (Å²) >= 11 is 0. The van der Waals surface area contributed by atoms with Crippen LogP contribution in [0.1, 0.15) is 34.5 Å². The highest BCUT2D eigenvalue weighted by Crippen LogP contribution is 2.22. The van der Waals surface area contributed by atoms with E-state index in [1.165, 1.54) is 12.1 Å². The minimum absolute atomic E-state index is 0.198. The number of piperidine rings is 1. The van der Waals surface area contributed by atoms with Crippen LogP contribution in [0.4, 0.5) is 4.39 Å². The largest absolute Gasteiger partial charge is 0.338 e. The second-order valence-electron chi connectivity index (χ2n) is 6.45. The zero-order valence-corrected chi connectivity index (χ0v) is 13.7. The quantitative estimate of drug-likeness (QED) is 0.942. The predicted molar refractivity (Wildman–Crippen MR) is 90.5 cm³/mol. The zero-order chi connectivity index (χ0) is 17.1. The molecule has 1 aromatic carbocycles. The van der Waals surface area contributed by atoms with Crippen LogP contribution in [0.3, 0.4) is 0 Å². The van der Waals surface area contributed by atoms with Gasteiger partial charge in [-0.25, -0.2) is 4.39 Å². The number of hydrogen-bond acceptors (Lipinski definition) is 2. The number of benzene rings is 1. The summed E-state index contributed by atoms with van der Waals surface area (Å²) in [5.41, 5.74) is 1.75. The Hall–Kier alpha value is -2.43. The second kappa shape index (κ2) is 6.99. The molecule has 24 heavy (non-hydrogen) atoms. The summed E-state index contributed by atoms with van der Waals surface area (Å²) in [7, 11) is 0. The molecule has 5 heteroatoms. The molecule has 0 atom stereocenters. The standard InChI is InChI=1S/C19H21FN2O2/c1-13-2-7-17(18(23)21-13)19(24)22-10-8-15(9-11-22)12-14-3-5-16(20)6-4-14/h2-7,15H,8-12H2,1H3,(H,21,23). The minimum atomic E-state index is -0.326. The number of aryl methyl sites for hydroxylation is 1. The number of rotatable bonds is 3. The topological polar surface area (TPSA) is 53.2 Å². The van der Waals surface area contributed by atoms with E-state index in [1.54, 1.807) is 24.0 Å². The van der Waals surface area contributed by atoms with Crippen molar-refractivity contribution in [1.82, 2.24) is 9.88 Å². The van der Waals surface area contributed by atoms with Gasteiger partial charge in [0.05, 0.1) is 0 Å².